The lowest BCUT2D eigenvalue weighted by molar-refractivity contribution is -0.137. The van der Waals surface area contributed by atoms with Crippen molar-refractivity contribution in [2.75, 3.05) is 11.9 Å². The summed E-state index contributed by atoms with van der Waals surface area (Å²) in [5, 5.41) is 13.0. The number of hydrogen-bond donors (Lipinski definition) is 2. The van der Waals surface area contributed by atoms with Gasteiger partial charge in [0.25, 0.3) is 0 Å². The van der Waals surface area contributed by atoms with Gasteiger partial charge in [-0.3, -0.25) is 0 Å². The van der Waals surface area contributed by atoms with Crippen molar-refractivity contribution in [2.45, 2.75) is 18.5 Å². The summed E-state index contributed by atoms with van der Waals surface area (Å²) in [4.78, 5) is 0. The highest BCUT2D eigenvalue weighted by atomic mass is 19.4. The molecule has 2 nitrogen and oxygen atoms in total. The van der Waals surface area contributed by atoms with Gasteiger partial charge in [-0.05, 0) is 29.7 Å². The van der Waals surface area contributed by atoms with Crippen LogP contribution in [0.25, 0.3) is 0 Å². The number of phenols is 1. The van der Waals surface area contributed by atoms with Crippen molar-refractivity contribution < 1.29 is 18.3 Å². The number of nitrogens with one attached hydrogen (secondary N) is 1. The van der Waals surface area contributed by atoms with Crippen LogP contribution in [0, 0.1) is 0 Å². The molecular formula is C16H14F3NO. The fraction of sp³-hybridized carbons (Fsp3) is 0.250. The van der Waals surface area contributed by atoms with Gasteiger partial charge in [0, 0.05) is 12.5 Å². The summed E-state index contributed by atoms with van der Waals surface area (Å²) in [5.74, 6) is -0.0141. The van der Waals surface area contributed by atoms with E-state index < -0.39 is 11.7 Å². The smallest absolute Gasteiger partial charge is 0.416 e. The van der Waals surface area contributed by atoms with Crippen molar-refractivity contribution in [3.63, 3.8) is 0 Å². The van der Waals surface area contributed by atoms with E-state index in [1.165, 1.54) is 12.1 Å². The van der Waals surface area contributed by atoms with Gasteiger partial charge in [-0.25, -0.2) is 0 Å². The van der Waals surface area contributed by atoms with Crippen LogP contribution in [-0.2, 0) is 6.18 Å². The third-order valence-corrected chi connectivity index (χ3v) is 3.80. The lowest BCUT2D eigenvalue weighted by Gasteiger charge is -2.28. The minimum atomic E-state index is -4.34. The van der Waals surface area contributed by atoms with E-state index in [4.69, 9.17) is 0 Å². The van der Waals surface area contributed by atoms with Crippen molar-refractivity contribution in [1.82, 2.24) is 0 Å². The second-order valence-corrected chi connectivity index (χ2v) is 5.13. The molecule has 21 heavy (non-hydrogen) atoms. The Morgan fingerprint density at radius 1 is 1.10 bits per heavy atom. The molecule has 0 saturated carbocycles. The molecule has 0 aliphatic carbocycles. The molecule has 0 bridgehead atoms. The van der Waals surface area contributed by atoms with Gasteiger partial charge in [0.15, 0.2) is 0 Å². The van der Waals surface area contributed by atoms with Crippen LogP contribution in [0.5, 0.6) is 5.75 Å². The first-order valence-corrected chi connectivity index (χ1v) is 6.70. The van der Waals surface area contributed by atoms with Gasteiger partial charge in [0.1, 0.15) is 5.75 Å². The summed E-state index contributed by atoms with van der Waals surface area (Å²) in [5.41, 5.74) is 1.44. The Bertz CT molecular complexity index is 667. The third-order valence-electron chi connectivity index (χ3n) is 3.80. The fourth-order valence-corrected chi connectivity index (χ4v) is 2.82. The average molecular weight is 293 g/mol. The number of aromatic hydroxyl groups is 1. The van der Waals surface area contributed by atoms with Crippen LogP contribution in [-0.4, -0.2) is 11.7 Å². The van der Waals surface area contributed by atoms with Gasteiger partial charge < -0.3 is 10.4 Å². The molecule has 0 spiro atoms. The quantitative estimate of drug-likeness (QED) is 0.766. The lowest BCUT2D eigenvalue weighted by Crippen LogP contribution is -2.18. The summed E-state index contributed by atoms with van der Waals surface area (Å²) in [6.45, 7) is 0.617. The molecule has 1 heterocycles. The zero-order valence-electron chi connectivity index (χ0n) is 11.1. The van der Waals surface area contributed by atoms with E-state index in [1.54, 1.807) is 18.2 Å². The molecule has 1 unspecified atom stereocenters. The number of rotatable bonds is 1. The molecule has 0 amide bonds. The average Bonchev–Trinajstić information content (AvgIpc) is 2.46. The monoisotopic (exact) mass is 293 g/mol. The van der Waals surface area contributed by atoms with Gasteiger partial charge in [0.2, 0.25) is 0 Å². The van der Waals surface area contributed by atoms with Crippen molar-refractivity contribution in [3.8, 4) is 5.75 Å². The van der Waals surface area contributed by atoms with E-state index in [2.05, 4.69) is 5.32 Å². The molecule has 5 heteroatoms. The number of alkyl halides is 3. The predicted molar refractivity (Wildman–Crippen MR) is 74.5 cm³/mol. The second-order valence-electron chi connectivity index (χ2n) is 5.13. The summed E-state index contributed by atoms with van der Waals surface area (Å²) in [6.07, 6.45) is -3.65. The molecule has 1 aliphatic heterocycles. The molecule has 0 radical (unpaired) electrons. The fourth-order valence-electron chi connectivity index (χ4n) is 2.82. The van der Waals surface area contributed by atoms with Crippen molar-refractivity contribution >= 4 is 5.69 Å². The number of benzene rings is 2. The van der Waals surface area contributed by atoms with Gasteiger partial charge in [0.05, 0.1) is 11.3 Å². The van der Waals surface area contributed by atoms with Crippen molar-refractivity contribution in [1.29, 1.82) is 0 Å². The zero-order chi connectivity index (χ0) is 15.0. The maximum Gasteiger partial charge on any atom is 0.416 e. The predicted octanol–water partition coefficient (Wildman–Crippen LogP) is 4.36. The highest BCUT2D eigenvalue weighted by molar-refractivity contribution is 5.65. The normalized spacial score (nSPS) is 18.0. The summed E-state index contributed by atoms with van der Waals surface area (Å²) in [6, 6.07) is 10.5. The van der Waals surface area contributed by atoms with Gasteiger partial charge in [-0.15, -0.1) is 0 Å². The highest BCUT2D eigenvalue weighted by Crippen LogP contribution is 2.41. The Labute approximate surface area is 120 Å². The molecule has 2 N–H and O–H groups in total. The van der Waals surface area contributed by atoms with Crippen LogP contribution >= 0.6 is 0 Å². The third kappa shape index (κ3) is 2.55. The largest absolute Gasteiger partial charge is 0.506 e. The van der Waals surface area contributed by atoms with E-state index in [9.17, 15) is 18.3 Å². The molecule has 2 aromatic rings. The topological polar surface area (TPSA) is 32.3 Å². The first-order chi connectivity index (χ1) is 9.97. The molecule has 1 aliphatic rings. The number of hydrogen-bond acceptors (Lipinski definition) is 2. The van der Waals surface area contributed by atoms with E-state index in [1.807, 2.05) is 6.07 Å². The highest BCUT2D eigenvalue weighted by Gasteiger charge is 2.32. The number of halogens is 3. The molecular weight excluding hydrogens is 279 g/mol. The first-order valence-electron chi connectivity index (χ1n) is 6.70. The molecule has 0 fully saturated rings. The maximum absolute atomic E-state index is 12.8. The minimum Gasteiger partial charge on any atom is -0.506 e. The van der Waals surface area contributed by atoms with Gasteiger partial charge >= 0.3 is 6.18 Å². The molecule has 2 aromatic carbocycles. The molecule has 3 rings (SSSR count). The van der Waals surface area contributed by atoms with Crippen molar-refractivity contribution in [2.24, 2.45) is 0 Å². The van der Waals surface area contributed by atoms with Crippen molar-refractivity contribution in [3.05, 3.63) is 59.2 Å². The van der Waals surface area contributed by atoms with Crippen LogP contribution in [0.4, 0.5) is 18.9 Å². The van der Waals surface area contributed by atoms with Crippen LogP contribution in [0.15, 0.2) is 42.5 Å². The van der Waals surface area contributed by atoms with E-state index in [0.717, 1.165) is 11.6 Å². The van der Waals surface area contributed by atoms with Crippen LogP contribution in [0.2, 0.25) is 0 Å². The van der Waals surface area contributed by atoms with E-state index >= 15 is 0 Å². The summed E-state index contributed by atoms with van der Waals surface area (Å²) in [7, 11) is 0. The summed E-state index contributed by atoms with van der Waals surface area (Å²) >= 11 is 0. The maximum atomic E-state index is 12.8. The van der Waals surface area contributed by atoms with E-state index in [-0.39, 0.29) is 11.7 Å². The van der Waals surface area contributed by atoms with Crippen LogP contribution < -0.4 is 5.32 Å². The Kier molecular flexibility index (Phi) is 3.27. The number of para-hydroxylation sites is 1. The lowest BCUT2D eigenvalue weighted by atomic mass is 9.84. The van der Waals surface area contributed by atoms with Gasteiger partial charge in [-0.1, -0.05) is 30.3 Å². The molecule has 0 saturated heterocycles. The van der Waals surface area contributed by atoms with Crippen LogP contribution in [0.1, 0.15) is 29.0 Å². The van der Waals surface area contributed by atoms with E-state index in [0.29, 0.717) is 24.2 Å². The SMILES string of the molecule is Oc1cccc2c1NCCC2c1cccc(C(F)(F)F)c1. The standard InChI is InChI=1S/C16H14F3NO/c17-16(18,19)11-4-1-3-10(9-11)12-7-8-20-15-13(12)5-2-6-14(15)21/h1-6,9,12,20-21H,7-8H2. The Morgan fingerprint density at radius 3 is 2.62 bits per heavy atom. The number of fused-ring (bicyclic) bond motifs is 1. The number of anilines is 1. The molecule has 0 aromatic heterocycles. The molecule has 1 atom stereocenters. The second kappa shape index (κ2) is 4.98. The zero-order valence-corrected chi connectivity index (χ0v) is 11.1. The van der Waals surface area contributed by atoms with Gasteiger partial charge in [-0.2, -0.15) is 13.2 Å². The Balaban J connectivity index is 2.05. The Hall–Kier alpha value is -2.17. The molecule has 110 valence electrons. The first kappa shape index (κ1) is 13.8. The number of phenolic OH excluding ortho intramolecular Hbond substituents is 1. The Morgan fingerprint density at radius 2 is 1.86 bits per heavy atom. The minimum absolute atomic E-state index is 0.129. The van der Waals surface area contributed by atoms with Crippen LogP contribution in [0.3, 0.4) is 0 Å². The summed E-state index contributed by atoms with van der Waals surface area (Å²) < 4.78 is 38.5.